The van der Waals surface area contributed by atoms with Gasteiger partial charge in [0.1, 0.15) is 41.0 Å². The summed E-state index contributed by atoms with van der Waals surface area (Å²) in [5.41, 5.74) is 1.39. The van der Waals surface area contributed by atoms with E-state index in [0.29, 0.717) is 28.1 Å². The van der Waals surface area contributed by atoms with Gasteiger partial charge in [-0.2, -0.15) is 0 Å². The van der Waals surface area contributed by atoms with Crippen LogP contribution in [0.1, 0.15) is 10.5 Å². The highest BCUT2D eigenvalue weighted by Crippen LogP contribution is 2.20. The lowest BCUT2D eigenvalue weighted by molar-refractivity contribution is -0.263. The summed E-state index contributed by atoms with van der Waals surface area (Å²) in [6.07, 6.45) is 1.52. The first kappa shape index (κ1) is 37.3. The van der Waals surface area contributed by atoms with Crippen molar-refractivity contribution in [3.63, 3.8) is 0 Å². The van der Waals surface area contributed by atoms with Gasteiger partial charge in [-0.05, 0) is 54.6 Å². The van der Waals surface area contributed by atoms with Crippen LogP contribution in [0.2, 0.25) is 0 Å². The Morgan fingerprint density at radius 2 is 1.31 bits per heavy atom. The minimum Gasteiger partial charge on any atom is -0.497 e. The zero-order valence-corrected chi connectivity index (χ0v) is 27.8. The lowest BCUT2D eigenvalue weighted by Crippen LogP contribution is -2.14. The SMILES string of the molecule is COC(=O)c1cc(=O)c2ccc(OC)cc2[nH]1.COOC/C=C(\Nc1cccc(OC)c1)C(=O)OC.c1ccc(Oc2ccccc2)cc1. The Balaban J connectivity index is 0.000000202. The normalized spacial score (nSPS) is 10.3. The van der Waals surface area contributed by atoms with Gasteiger partial charge >= 0.3 is 11.9 Å². The molecule has 0 radical (unpaired) electrons. The summed E-state index contributed by atoms with van der Waals surface area (Å²) in [6.45, 7) is 0.123. The lowest BCUT2D eigenvalue weighted by atomic mass is 10.2. The van der Waals surface area contributed by atoms with Crippen LogP contribution in [-0.4, -0.2) is 59.1 Å². The average molecular weight is 671 g/mol. The standard InChI is InChI=1S/C13H17NO5.C12H11NO4.C12H10O/c1-16-11-6-4-5-10(9-11)14-12(13(15)17-2)7-8-19-18-3;1-16-7-3-4-8-9(5-7)13-10(6-11(8)14)12(15)17-2;1-3-7-11(8-4-1)13-12-9-5-2-6-10-12/h4-7,9,14H,8H2,1-3H3;3-6H,1-2H3,(H,13,14);1-10H/b12-7-;;. The van der Waals surface area contributed by atoms with Crippen molar-refractivity contribution < 1.29 is 43.0 Å². The summed E-state index contributed by atoms with van der Waals surface area (Å²) >= 11 is 0. The summed E-state index contributed by atoms with van der Waals surface area (Å²) in [6, 6.07) is 32.9. The number of anilines is 1. The van der Waals surface area contributed by atoms with Crippen molar-refractivity contribution in [1.29, 1.82) is 0 Å². The van der Waals surface area contributed by atoms with Gasteiger partial charge in [0, 0.05) is 29.3 Å². The molecule has 5 rings (SSSR count). The van der Waals surface area contributed by atoms with Crippen molar-refractivity contribution in [2.45, 2.75) is 0 Å². The number of methoxy groups -OCH3 is 4. The Morgan fingerprint density at radius 1 is 0.694 bits per heavy atom. The molecule has 0 aliphatic carbocycles. The fraction of sp³-hybridized carbons (Fsp3) is 0.162. The van der Waals surface area contributed by atoms with Gasteiger partial charge in [0.05, 0.1) is 41.1 Å². The lowest BCUT2D eigenvalue weighted by Gasteiger charge is -2.10. The van der Waals surface area contributed by atoms with Gasteiger partial charge in [0.2, 0.25) is 0 Å². The Hall–Kier alpha value is -6.11. The highest BCUT2D eigenvalue weighted by molar-refractivity contribution is 5.92. The summed E-state index contributed by atoms with van der Waals surface area (Å²) < 4.78 is 25.0. The van der Waals surface area contributed by atoms with Crippen LogP contribution in [0, 0.1) is 0 Å². The number of aromatic amines is 1. The second kappa shape index (κ2) is 20.2. The molecule has 2 N–H and O–H groups in total. The fourth-order valence-electron chi connectivity index (χ4n) is 4.03. The average Bonchev–Trinajstić information content (AvgIpc) is 3.15. The summed E-state index contributed by atoms with van der Waals surface area (Å²) in [5, 5.41) is 3.43. The van der Waals surface area contributed by atoms with Crippen molar-refractivity contribution in [3.05, 3.63) is 137 Å². The van der Waals surface area contributed by atoms with Gasteiger partial charge in [-0.25, -0.2) is 19.4 Å². The molecule has 0 aliphatic rings. The van der Waals surface area contributed by atoms with Crippen LogP contribution in [0.15, 0.2) is 126 Å². The minimum atomic E-state index is -0.577. The predicted octanol–water partition coefficient (Wildman–Crippen LogP) is 6.54. The van der Waals surface area contributed by atoms with Crippen LogP contribution in [0.3, 0.4) is 0 Å². The van der Waals surface area contributed by atoms with Gasteiger partial charge in [-0.3, -0.25) is 4.79 Å². The topological polar surface area (TPSA) is 144 Å². The first-order valence-electron chi connectivity index (χ1n) is 14.7. The largest absolute Gasteiger partial charge is 0.497 e. The number of hydrogen-bond donors (Lipinski definition) is 2. The summed E-state index contributed by atoms with van der Waals surface area (Å²) in [5.74, 6) is 1.95. The van der Waals surface area contributed by atoms with Gasteiger partial charge in [0.25, 0.3) is 0 Å². The molecule has 12 nitrogen and oxygen atoms in total. The summed E-state index contributed by atoms with van der Waals surface area (Å²) in [4.78, 5) is 46.7. The smallest absolute Gasteiger partial charge is 0.354 e. The molecule has 12 heteroatoms. The van der Waals surface area contributed by atoms with E-state index in [1.807, 2.05) is 66.7 Å². The van der Waals surface area contributed by atoms with Crippen molar-refractivity contribution in [3.8, 4) is 23.0 Å². The quantitative estimate of drug-likeness (QED) is 0.0520. The molecule has 0 unspecified atom stereocenters. The first-order valence-corrected chi connectivity index (χ1v) is 14.7. The molecule has 0 saturated carbocycles. The van der Waals surface area contributed by atoms with Gasteiger partial charge in [0.15, 0.2) is 5.43 Å². The fourth-order valence-corrected chi connectivity index (χ4v) is 4.03. The van der Waals surface area contributed by atoms with Crippen molar-refractivity contribution in [1.82, 2.24) is 4.98 Å². The number of carbonyl (C=O) groups excluding carboxylic acids is 2. The van der Waals surface area contributed by atoms with Crippen LogP contribution in [0.25, 0.3) is 10.9 Å². The molecular formula is C37H38N2O10. The maximum atomic E-state index is 11.8. The van der Waals surface area contributed by atoms with E-state index in [9.17, 15) is 14.4 Å². The number of hydrogen-bond acceptors (Lipinski definition) is 11. The first-order chi connectivity index (χ1) is 23.8. The second-order valence-corrected chi connectivity index (χ2v) is 9.60. The van der Waals surface area contributed by atoms with Gasteiger partial charge in [-0.1, -0.05) is 42.5 Å². The Kier molecular flexibility index (Phi) is 15.4. The zero-order chi connectivity index (χ0) is 35.4. The minimum absolute atomic E-state index is 0.123. The molecule has 0 atom stereocenters. The van der Waals surface area contributed by atoms with Crippen LogP contribution < -0.4 is 25.0 Å². The third-order valence-electron chi connectivity index (χ3n) is 6.39. The molecular weight excluding hydrogens is 632 g/mol. The van der Waals surface area contributed by atoms with Crippen LogP contribution in [0.4, 0.5) is 5.69 Å². The predicted molar refractivity (Wildman–Crippen MR) is 185 cm³/mol. The number of para-hydroxylation sites is 2. The van der Waals surface area contributed by atoms with Crippen LogP contribution >= 0.6 is 0 Å². The van der Waals surface area contributed by atoms with Crippen molar-refractivity contribution in [2.75, 3.05) is 47.5 Å². The zero-order valence-electron chi connectivity index (χ0n) is 27.8. The molecule has 1 aromatic heterocycles. The van der Waals surface area contributed by atoms with Crippen molar-refractivity contribution >= 4 is 28.5 Å². The molecule has 0 saturated heterocycles. The second-order valence-electron chi connectivity index (χ2n) is 9.60. The number of pyridine rings is 1. The molecule has 0 spiro atoms. The molecule has 5 aromatic rings. The number of nitrogens with one attached hydrogen (secondary N) is 2. The number of H-pyrrole nitrogens is 1. The Morgan fingerprint density at radius 3 is 1.88 bits per heavy atom. The number of benzene rings is 4. The number of rotatable bonds is 11. The molecule has 0 amide bonds. The molecule has 0 bridgehead atoms. The molecule has 49 heavy (non-hydrogen) atoms. The van der Waals surface area contributed by atoms with E-state index < -0.39 is 11.9 Å². The third kappa shape index (κ3) is 12.2. The number of carbonyl (C=O) groups is 2. The van der Waals surface area contributed by atoms with E-state index >= 15 is 0 Å². The van der Waals surface area contributed by atoms with Gasteiger partial charge < -0.3 is 34.0 Å². The molecule has 0 fully saturated rings. The third-order valence-corrected chi connectivity index (χ3v) is 6.39. The molecule has 256 valence electrons. The summed E-state index contributed by atoms with van der Waals surface area (Å²) in [7, 11) is 7.06. The monoisotopic (exact) mass is 670 g/mol. The molecule has 0 aliphatic heterocycles. The van der Waals surface area contributed by atoms with Crippen LogP contribution in [-0.2, 0) is 24.0 Å². The van der Waals surface area contributed by atoms with E-state index in [1.165, 1.54) is 40.6 Å². The maximum absolute atomic E-state index is 11.8. The molecule has 1 heterocycles. The van der Waals surface area contributed by atoms with E-state index in [1.54, 1.807) is 43.5 Å². The Labute approximate surface area is 283 Å². The maximum Gasteiger partial charge on any atom is 0.354 e. The van der Waals surface area contributed by atoms with E-state index in [0.717, 1.165) is 11.5 Å². The van der Waals surface area contributed by atoms with E-state index in [2.05, 4.69) is 24.7 Å². The van der Waals surface area contributed by atoms with Crippen molar-refractivity contribution in [2.24, 2.45) is 0 Å². The number of esters is 2. The molecule has 4 aromatic carbocycles. The highest BCUT2D eigenvalue weighted by atomic mass is 17.2. The van der Waals surface area contributed by atoms with Gasteiger partial charge in [-0.15, -0.1) is 0 Å². The van der Waals surface area contributed by atoms with E-state index in [-0.39, 0.29) is 23.4 Å². The Bertz CT molecular complexity index is 1820. The highest BCUT2D eigenvalue weighted by Gasteiger charge is 2.11. The number of aromatic nitrogens is 1. The van der Waals surface area contributed by atoms with Crippen LogP contribution in [0.5, 0.6) is 23.0 Å². The number of fused-ring (bicyclic) bond motifs is 1. The van der Waals surface area contributed by atoms with E-state index in [4.69, 9.17) is 19.1 Å². The number of ether oxygens (including phenoxy) is 5.